The SMILES string of the molecule is C[C@@H]1CN[C@@H](C)C[C@]1(Cc1ccc(Cl)cc1)NCC(C)(O)COc1cc(F)ccc1CC(=O)O. The van der Waals surface area contributed by atoms with E-state index in [1.54, 1.807) is 6.92 Å². The maximum absolute atomic E-state index is 13.7. The largest absolute Gasteiger partial charge is 0.490 e. The van der Waals surface area contributed by atoms with Gasteiger partial charge in [-0.1, -0.05) is 36.7 Å². The summed E-state index contributed by atoms with van der Waals surface area (Å²) in [4.78, 5) is 11.1. The Labute approximate surface area is 205 Å². The molecule has 0 spiro atoms. The van der Waals surface area contributed by atoms with Gasteiger partial charge in [-0.3, -0.25) is 4.79 Å². The molecule has 0 aromatic heterocycles. The van der Waals surface area contributed by atoms with Crippen LogP contribution in [0.2, 0.25) is 5.02 Å². The first-order valence-electron chi connectivity index (χ1n) is 11.6. The highest BCUT2D eigenvalue weighted by Gasteiger charge is 2.41. The molecule has 0 saturated carbocycles. The molecule has 2 aromatic carbocycles. The Morgan fingerprint density at radius 1 is 1.29 bits per heavy atom. The number of aliphatic hydroxyl groups is 1. The standard InChI is InChI=1S/C26H34ClFN2O4/c1-17-14-29-18(2)12-26(17,13-19-4-7-21(27)8-5-19)30-15-25(3,33)16-34-23-11-22(28)9-6-20(23)10-24(31)32/h4-9,11,17-18,29-30,33H,10,12-16H2,1-3H3,(H,31,32)/t17-,18+,25?,26-/m1/s1. The summed E-state index contributed by atoms with van der Waals surface area (Å²) in [5, 5.41) is 28.0. The van der Waals surface area contributed by atoms with Gasteiger partial charge >= 0.3 is 5.97 Å². The Hall–Kier alpha value is -2.19. The molecule has 34 heavy (non-hydrogen) atoms. The Balaban J connectivity index is 1.72. The van der Waals surface area contributed by atoms with Gasteiger partial charge in [-0.2, -0.15) is 0 Å². The fraction of sp³-hybridized carbons (Fsp3) is 0.500. The first kappa shape index (κ1) is 26.4. The third-order valence-electron chi connectivity index (χ3n) is 6.55. The van der Waals surface area contributed by atoms with Crippen LogP contribution in [0.15, 0.2) is 42.5 Å². The van der Waals surface area contributed by atoms with Gasteiger partial charge in [-0.25, -0.2) is 4.39 Å². The molecular weight excluding hydrogens is 459 g/mol. The molecule has 1 heterocycles. The monoisotopic (exact) mass is 492 g/mol. The summed E-state index contributed by atoms with van der Waals surface area (Å²) in [6, 6.07) is 11.9. The number of hydrogen-bond acceptors (Lipinski definition) is 5. The number of aliphatic carboxylic acids is 1. The number of hydrogen-bond donors (Lipinski definition) is 4. The van der Waals surface area contributed by atoms with Crippen LogP contribution in [-0.2, 0) is 17.6 Å². The van der Waals surface area contributed by atoms with Crippen LogP contribution < -0.4 is 15.4 Å². The van der Waals surface area contributed by atoms with Crippen LogP contribution >= 0.6 is 11.6 Å². The maximum Gasteiger partial charge on any atom is 0.307 e. The van der Waals surface area contributed by atoms with Crippen molar-refractivity contribution in [1.82, 2.24) is 10.6 Å². The second kappa shape index (κ2) is 11.0. The molecule has 3 rings (SSSR count). The topological polar surface area (TPSA) is 90.8 Å². The first-order chi connectivity index (χ1) is 16.0. The van der Waals surface area contributed by atoms with E-state index in [0.717, 1.165) is 31.0 Å². The number of β-amino-alcohol motifs (C(OH)–C–C–N with tert-alkyl or cyclic N) is 1. The Morgan fingerprint density at radius 3 is 2.68 bits per heavy atom. The van der Waals surface area contributed by atoms with Crippen LogP contribution in [0.1, 0.15) is 38.3 Å². The van der Waals surface area contributed by atoms with E-state index in [2.05, 4.69) is 24.5 Å². The third-order valence-corrected chi connectivity index (χ3v) is 6.80. The van der Waals surface area contributed by atoms with E-state index < -0.39 is 17.4 Å². The Bertz CT molecular complexity index is 985. The van der Waals surface area contributed by atoms with Crippen molar-refractivity contribution in [2.75, 3.05) is 19.7 Å². The molecule has 186 valence electrons. The second-order valence-corrected chi connectivity index (χ2v) is 10.3. The number of rotatable bonds is 10. The molecule has 0 bridgehead atoms. The zero-order valence-corrected chi connectivity index (χ0v) is 20.7. The quantitative estimate of drug-likeness (QED) is 0.403. The van der Waals surface area contributed by atoms with E-state index in [0.29, 0.717) is 22.5 Å². The molecular formula is C26H34ClFN2O4. The number of carboxylic acids is 1. The third kappa shape index (κ3) is 7.15. The zero-order valence-electron chi connectivity index (χ0n) is 19.9. The average molecular weight is 493 g/mol. The van der Waals surface area contributed by atoms with Gasteiger partial charge in [0.05, 0.1) is 6.42 Å². The second-order valence-electron chi connectivity index (χ2n) is 9.84. The molecule has 0 aliphatic carbocycles. The van der Waals surface area contributed by atoms with Crippen molar-refractivity contribution in [1.29, 1.82) is 0 Å². The van der Waals surface area contributed by atoms with Crippen molar-refractivity contribution < 1.29 is 24.1 Å². The molecule has 6 nitrogen and oxygen atoms in total. The number of piperidine rings is 1. The molecule has 1 saturated heterocycles. The van der Waals surface area contributed by atoms with Crippen molar-refractivity contribution in [2.45, 2.75) is 57.2 Å². The average Bonchev–Trinajstić information content (AvgIpc) is 2.77. The van der Waals surface area contributed by atoms with Gasteiger partial charge in [-0.05, 0) is 62.9 Å². The summed E-state index contributed by atoms with van der Waals surface area (Å²) in [5.41, 5.74) is -0.00631. The molecule has 1 unspecified atom stereocenters. The number of ether oxygens (including phenoxy) is 1. The number of nitrogens with one attached hydrogen (secondary N) is 2. The van der Waals surface area contributed by atoms with Crippen molar-refractivity contribution in [3.8, 4) is 5.75 Å². The lowest BCUT2D eigenvalue weighted by Crippen LogP contribution is -2.64. The van der Waals surface area contributed by atoms with Crippen LogP contribution in [0.3, 0.4) is 0 Å². The smallest absolute Gasteiger partial charge is 0.307 e. The van der Waals surface area contributed by atoms with Gasteiger partial charge in [0, 0.05) is 34.8 Å². The minimum absolute atomic E-state index is 0.116. The summed E-state index contributed by atoms with van der Waals surface area (Å²) in [5.74, 6) is -1.15. The summed E-state index contributed by atoms with van der Waals surface area (Å²) < 4.78 is 19.5. The fourth-order valence-electron chi connectivity index (χ4n) is 4.54. The van der Waals surface area contributed by atoms with Crippen LogP contribution in [0.5, 0.6) is 5.75 Å². The molecule has 2 aromatic rings. The van der Waals surface area contributed by atoms with Crippen LogP contribution in [0, 0.1) is 11.7 Å². The van der Waals surface area contributed by atoms with Crippen LogP contribution in [-0.4, -0.2) is 53.1 Å². The molecule has 1 fully saturated rings. The lowest BCUT2D eigenvalue weighted by molar-refractivity contribution is -0.136. The number of carboxylic acid groups (broad SMARTS) is 1. The fourth-order valence-corrected chi connectivity index (χ4v) is 4.66. The van der Waals surface area contributed by atoms with Crippen molar-refractivity contribution >= 4 is 17.6 Å². The maximum atomic E-state index is 13.7. The minimum atomic E-state index is -1.27. The van der Waals surface area contributed by atoms with E-state index in [1.807, 2.05) is 24.3 Å². The minimum Gasteiger partial charge on any atom is -0.490 e. The van der Waals surface area contributed by atoms with Crippen molar-refractivity contribution in [2.24, 2.45) is 5.92 Å². The summed E-state index contributed by atoms with van der Waals surface area (Å²) in [6.45, 7) is 6.98. The summed E-state index contributed by atoms with van der Waals surface area (Å²) in [7, 11) is 0. The van der Waals surface area contributed by atoms with Crippen LogP contribution in [0.4, 0.5) is 4.39 Å². The molecule has 1 aliphatic heterocycles. The highest BCUT2D eigenvalue weighted by Crippen LogP contribution is 2.32. The number of benzene rings is 2. The summed E-state index contributed by atoms with van der Waals surface area (Å²) in [6.07, 6.45) is 1.37. The highest BCUT2D eigenvalue weighted by atomic mass is 35.5. The molecule has 8 heteroatoms. The molecule has 4 atom stereocenters. The predicted molar refractivity (Wildman–Crippen MR) is 131 cm³/mol. The highest BCUT2D eigenvalue weighted by molar-refractivity contribution is 6.30. The molecule has 0 radical (unpaired) electrons. The van der Waals surface area contributed by atoms with Gasteiger partial charge in [0.25, 0.3) is 0 Å². The molecule has 1 aliphatic rings. The van der Waals surface area contributed by atoms with Gasteiger partial charge in [-0.15, -0.1) is 0 Å². The van der Waals surface area contributed by atoms with Gasteiger partial charge in [0.1, 0.15) is 23.8 Å². The van der Waals surface area contributed by atoms with Crippen LogP contribution in [0.25, 0.3) is 0 Å². The van der Waals surface area contributed by atoms with E-state index in [4.69, 9.17) is 21.4 Å². The lowest BCUT2D eigenvalue weighted by atomic mass is 9.72. The number of halogens is 2. The van der Waals surface area contributed by atoms with Crippen molar-refractivity contribution in [3.05, 3.63) is 64.4 Å². The molecule has 0 amide bonds. The predicted octanol–water partition coefficient (Wildman–Crippen LogP) is 3.83. The Morgan fingerprint density at radius 2 is 2.00 bits per heavy atom. The van der Waals surface area contributed by atoms with Gasteiger partial charge in [0.15, 0.2) is 0 Å². The van der Waals surface area contributed by atoms with E-state index in [-0.39, 0.29) is 30.9 Å². The number of carbonyl (C=O) groups is 1. The Kier molecular flexibility index (Phi) is 8.57. The van der Waals surface area contributed by atoms with Gasteiger partial charge in [0.2, 0.25) is 0 Å². The zero-order chi connectivity index (χ0) is 24.9. The summed E-state index contributed by atoms with van der Waals surface area (Å²) >= 11 is 6.07. The van der Waals surface area contributed by atoms with E-state index in [1.165, 1.54) is 12.1 Å². The normalized spacial score (nSPS) is 24.4. The lowest BCUT2D eigenvalue weighted by Gasteiger charge is -2.48. The van der Waals surface area contributed by atoms with E-state index in [9.17, 15) is 14.3 Å². The molecule has 4 N–H and O–H groups in total. The van der Waals surface area contributed by atoms with Crippen molar-refractivity contribution in [3.63, 3.8) is 0 Å². The van der Waals surface area contributed by atoms with E-state index >= 15 is 0 Å². The van der Waals surface area contributed by atoms with Gasteiger partial charge < -0.3 is 25.6 Å². The first-order valence-corrected chi connectivity index (χ1v) is 11.9.